The summed E-state index contributed by atoms with van der Waals surface area (Å²) >= 11 is 0. The van der Waals surface area contributed by atoms with Gasteiger partial charge in [-0.2, -0.15) is 5.26 Å². The lowest BCUT2D eigenvalue weighted by Crippen LogP contribution is -2.36. The molecule has 0 fully saturated rings. The van der Waals surface area contributed by atoms with Crippen molar-refractivity contribution in [1.82, 2.24) is 0 Å². The number of carbonyl (C=O) groups is 1. The minimum absolute atomic E-state index is 0.392. The number of amides is 1. The second-order valence-electron chi connectivity index (χ2n) is 3.96. The number of primary amides is 1. The van der Waals surface area contributed by atoms with Gasteiger partial charge >= 0.3 is 0 Å². The molecule has 4 nitrogen and oxygen atoms in total. The molecular formula is C13H12F3N2O2. The third-order valence-corrected chi connectivity index (χ3v) is 2.44. The van der Waals surface area contributed by atoms with E-state index in [9.17, 15) is 18.0 Å². The molecule has 0 saturated carbocycles. The van der Waals surface area contributed by atoms with Crippen molar-refractivity contribution in [3.05, 3.63) is 41.6 Å². The lowest BCUT2D eigenvalue weighted by molar-refractivity contribution is -0.119. The maximum Gasteiger partial charge on any atom is 0.282 e. The first-order chi connectivity index (χ1) is 9.38. The van der Waals surface area contributed by atoms with Crippen molar-refractivity contribution >= 4 is 5.91 Å². The van der Waals surface area contributed by atoms with E-state index in [0.717, 1.165) is 12.1 Å². The van der Waals surface area contributed by atoms with Gasteiger partial charge in [0.25, 0.3) is 5.92 Å². The molecule has 20 heavy (non-hydrogen) atoms. The van der Waals surface area contributed by atoms with Crippen LogP contribution in [0.25, 0.3) is 0 Å². The Morgan fingerprint density at radius 3 is 2.60 bits per heavy atom. The van der Waals surface area contributed by atoms with E-state index >= 15 is 0 Å². The number of nitriles is 1. The van der Waals surface area contributed by atoms with E-state index in [4.69, 9.17) is 11.0 Å². The Morgan fingerprint density at radius 1 is 1.40 bits per heavy atom. The van der Waals surface area contributed by atoms with Gasteiger partial charge in [-0.25, -0.2) is 13.2 Å². The van der Waals surface area contributed by atoms with Gasteiger partial charge in [0, 0.05) is 12.0 Å². The number of ether oxygens (including phenoxy) is 1. The standard InChI is InChI=1S/C13H12F3N2O2/c14-11-4-2-1-3-9(11)10(7-12(18)19)13(15,16)8-20-6-5-17/h1-4H,6-8H2,(H2,18,19). The zero-order valence-electron chi connectivity index (χ0n) is 10.4. The Balaban J connectivity index is 3.03. The monoisotopic (exact) mass is 285 g/mol. The number of carbonyl (C=O) groups excluding carboxylic acids is 1. The molecule has 0 atom stereocenters. The Labute approximate surface area is 113 Å². The molecule has 1 aromatic carbocycles. The fraction of sp³-hybridized carbons (Fsp3) is 0.308. The number of halogens is 3. The van der Waals surface area contributed by atoms with E-state index in [0.29, 0.717) is 0 Å². The van der Waals surface area contributed by atoms with Crippen molar-refractivity contribution < 1.29 is 22.7 Å². The van der Waals surface area contributed by atoms with Crippen LogP contribution < -0.4 is 5.73 Å². The van der Waals surface area contributed by atoms with Gasteiger partial charge in [-0.1, -0.05) is 18.2 Å². The molecule has 7 heteroatoms. The van der Waals surface area contributed by atoms with Gasteiger partial charge in [0.2, 0.25) is 5.91 Å². The maximum atomic E-state index is 14.0. The summed E-state index contributed by atoms with van der Waals surface area (Å²) in [4.78, 5) is 10.9. The maximum absolute atomic E-state index is 14.0. The molecule has 1 amide bonds. The molecule has 0 unspecified atom stereocenters. The SMILES string of the molecule is N#CCOCC(F)(F)[C](CC(N)=O)c1ccccc1F. The molecule has 107 valence electrons. The lowest BCUT2D eigenvalue weighted by Gasteiger charge is -2.25. The van der Waals surface area contributed by atoms with Crippen LogP contribution >= 0.6 is 0 Å². The summed E-state index contributed by atoms with van der Waals surface area (Å²) in [6, 6.07) is 6.38. The average Bonchev–Trinajstić information content (AvgIpc) is 2.37. The number of hydrogen-bond acceptors (Lipinski definition) is 3. The normalized spacial score (nSPS) is 11.3. The highest BCUT2D eigenvalue weighted by Gasteiger charge is 2.43. The van der Waals surface area contributed by atoms with Crippen LogP contribution in [0.3, 0.4) is 0 Å². The number of rotatable bonds is 7. The van der Waals surface area contributed by atoms with E-state index in [-0.39, 0.29) is 0 Å². The number of hydrogen-bond donors (Lipinski definition) is 1. The van der Waals surface area contributed by atoms with Crippen LogP contribution in [0.5, 0.6) is 0 Å². The van der Waals surface area contributed by atoms with E-state index in [1.54, 1.807) is 6.07 Å². The summed E-state index contributed by atoms with van der Waals surface area (Å²) in [6.07, 6.45) is -0.802. The number of benzene rings is 1. The van der Waals surface area contributed by atoms with Crippen LogP contribution in [0.4, 0.5) is 13.2 Å². The fourth-order valence-electron chi connectivity index (χ4n) is 1.61. The number of alkyl halides is 2. The van der Waals surface area contributed by atoms with Crippen molar-refractivity contribution in [2.24, 2.45) is 5.73 Å². The summed E-state index contributed by atoms with van der Waals surface area (Å²) in [5, 5.41) is 8.25. The van der Waals surface area contributed by atoms with Crippen molar-refractivity contribution in [1.29, 1.82) is 5.26 Å². The summed E-state index contributed by atoms with van der Waals surface area (Å²) in [6.45, 7) is -1.66. The lowest BCUT2D eigenvalue weighted by atomic mass is 9.89. The minimum atomic E-state index is -3.60. The van der Waals surface area contributed by atoms with Crippen LogP contribution in [0.15, 0.2) is 24.3 Å². The van der Waals surface area contributed by atoms with Crippen molar-refractivity contribution in [3.8, 4) is 6.07 Å². The first kappa shape index (κ1) is 16.0. The highest BCUT2D eigenvalue weighted by molar-refractivity contribution is 5.77. The molecule has 0 bridgehead atoms. The topological polar surface area (TPSA) is 76.1 Å². The van der Waals surface area contributed by atoms with Crippen molar-refractivity contribution in [3.63, 3.8) is 0 Å². The van der Waals surface area contributed by atoms with Gasteiger partial charge in [-0.05, 0) is 6.07 Å². The predicted molar refractivity (Wildman–Crippen MR) is 63.9 cm³/mol. The highest BCUT2D eigenvalue weighted by atomic mass is 19.3. The van der Waals surface area contributed by atoms with Crippen LogP contribution in [-0.2, 0) is 9.53 Å². The van der Waals surface area contributed by atoms with Gasteiger partial charge in [0.15, 0.2) is 0 Å². The van der Waals surface area contributed by atoms with E-state index in [1.807, 2.05) is 0 Å². The van der Waals surface area contributed by atoms with Gasteiger partial charge in [0.05, 0.1) is 12.0 Å². The van der Waals surface area contributed by atoms with Gasteiger partial charge < -0.3 is 10.5 Å². The van der Waals surface area contributed by atoms with Gasteiger partial charge in [-0.3, -0.25) is 4.79 Å². The Morgan fingerprint density at radius 2 is 2.05 bits per heavy atom. The molecule has 1 aromatic rings. The highest BCUT2D eigenvalue weighted by Crippen LogP contribution is 2.36. The molecule has 1 rings (SSSR count). The third-order valence-electron chi connectivity index (χ3n) is 2.44. The molecule has 0 saturated heterocycles. The Kier molecular flexibility index (Phi) is 5.53. The van der Waals surface area contributed by atoms with Gasteiger partial charge in [0.1, 0.15) is 19.0 Å². The van der Waals surface area contributed by atoms with E-state index < -0.39 is 48.8 Å². The number of nitrogens with zero attached hydrogens (tertiary/aromatic N) is 1. The first-order valence-corrected chi connectivity index (χ1v) is 5.60. The average molecular weight is 285 g/mol. The zero-order chi connectivity index (χ0) is 15.2. The fourth-order valence-corrected chi connectivity index (χ4v) is 1.61. The molecule has 1 radical (unpaired) electrons. The molecule has 0 aliphatic carbocycles. The second-order valence-corrected chi connectivity index (χ2v) is 3.96. The van der Waals surface area contributed by atoms with Gasteiger partial charge in [-0.15, -0.1) is 0 Å². The summed E-state index contributed by atoms with van der Waals surface area (Å²) in [5.41, 5.74) is 4.53. The molecule has 0 aliphatic heterocycles. The minimum Gasteiger partial charge on any atom is -0.370 e. The molecular weight excluding hydrogens is 273 g/mol. The zero-order valence-corrected chi connectivity index (χ0v) is 10.4. The molecule has 0 aliphatic rings. The van der Waals surface area contributed by atoms with Crippen LogP contribution in [0.2, 0.25) is 0 Å². The van der Waals surface area contributed by atoms with Crippen LogP contribution in [0.1, 0.15) is 12.0 Å². The van der Waals surface area contributed by atoms with E-state index in [2.05, 4.69) is 4.74 Å². The molecule has 0 heterocycles. The van der Waals surface area contributed by atoms with Crippen LogP contribution in [-0.4, -0.2) is 25.0 Å². The largest absolute Gasteiger partial charge is 0.370 e. The quantitative estimate of drug-likeness (QED) is 0.776. The number of nitrogens with two attached hydrogens (primary N) is 1. The molecule has 0 aromatic heterocycles. The Hall–Kier alpha value is -2.07. The summed E-state index contributed by atoms with van der Waals surface area (Å²) in [7, 11) is 0. The van der Waals surface area contributed by atoms with Crippen molar-refractivity contribution in [2.75, 3.05) is 13.2 Å². The second kappa shape index (κ2) is 6.91. The first-order valence-electron chi connectivity index (χ1n) is 5.60. The Bertz CT molecular complexity index is 515. The summed E-state index contributed by atoms with van der Waals surface area (Å²) in [5.74, 6) is -6.26. The van der Waals surface area contributed by atoms with Crippen LogP contribution in [0, 0.1) is 23.1 Å². The third kappa shape index (κ3) is 4.24. The smallest absolute Gasteiger partial charge is 0.282 e. The van der Waals surface area contributed by atoms with Crippen molar-refractivity contribution in [2.45, 2.75) is 12.3 Å². The summed E-state index contributed by atoms with van der Waals surface area (Å²) < 4.78 is 46.1. The van der Waals surface area contributed by atoms with E-state index in [1.165, 1.54) is 12.1 Å². The molecule has 0 spiro atoms. The molecule has 2 N–H and O–H groups in total. The predicted octanol–water partition coefficient (Wildman–Crippen LogP) is 1.80.